The normalized spacial score (nSPS) is 11.8. The van der Waals surface area contributed by atoms with E-state index in [1.54, 1.807) is 24.4 Å². The standard InChI is InChI=1S/C21H19N3O4/c1-2-26-18-6-3-15(4-7-18)24-21(25)14-9-17(12-22-11-14)23-16-5-8-19-20(10-16)28-13-27-19/h3-12,23H,2,13H2,1H3,(H,24,25). The maximum absolute atomic E-state index is 12.5. The van der Waals surface area contributed by atoms with Crippen molar-refractivity contribution in [3.8, 4) is 17.2 Å². The van der Waals surface area contributed by atoms with Crippen LogP contribution in [0, 0.1) is 0 Å². The SMILES string of the molecule is CCOc1ccc(NC(=O)c2cncc(Nc3ccc4c(c3)OCO4)c2)cc1. The Morgan fingerprint density at radius 2 is 1.79 bits per heavy atom. The first-order chi connectivity index (χ1) is 13.7. The number of carbonyl (C=O) groups excluding carboxylic acids is 1. The maximum atomic E-state index is 12.5. The van der Waals surface area contributed by atoms with Gasteiger partial charge in [-0.3, -0.25) is 9.78 Å². The van der Waals surface area contributed by atoms with Gasteiger partial charge in [-0.05, 0) is 49.4 Å². The first-order valence-corrected chi connectivity index (χ1v) is 8.87. The Balaban J connectivity index is 1.44. The molecule has 2 heterocycles. The van der Waals surface area contributed by atoms with Crippen molar-refractivity contribution in [3.05, 3.63) is 66.5 Å². The van der Waals surface area contributed by atoms with E-state index in [9.17, 15) is 4.79 Å². The van der Waals surface area contributed by atoms with Crippen molar-refractivity contribution in [3.63, 3.8) is 0 Å². The van der Waals surface area contributed by atoms with Crippen molar-refractivity contribution in [1.82, 2.24) is 4.98 Å². The number of rotatable bonds is 6. The third kappa shape index (κ3) is 3.98. The van der Waals surface area contributed by atoms with Gasteiger partial charge >= 0.3 is 0 Å². The van der Waals surface area contributed by atoms with E-state index in [0.29, 0.717) is 35.0 Å². The molecule has 2 N–H and O–H groups in total. The van der Waals surface area contributed by atoms with Crippen molar-refractivity contribution in [2.75, 3.05) is 24.0 Å². The highest BCUT2D eigenvalue weighted by molar-refractivity contribution is 6.04. The number of benzene rings is 2. The number of aromatic nitrogens is 1. The molecule has 142 valence electrons. The summed E-state index contributed by atoms with van der Waals surface area (Å²) in [5, 5.41) is 6.07. The Labute approximate surface area is 162 Å². The van der Waals surface area contributed by atoms with Crippen LogP contribution < -0.4 is 24.8 Å². The van der Waals surface area contributed by atoms with Crippen molar-refractivity contribution < 1.29 is 19.0 Å². The van der Waals surface area contributed by atoms with Gasteiger partial charge in [0.05, 0.1) is 24.1 Å². The molecule has 3 aromatic rings. The smallest absolute Gasteiger partial charge is 0.257 e. The van der Waals surface area contributed by atoms with Crippen LogP contribution in [-0.2, 0) is 0 Å². The molecule has 1 aliphatic rings. The van der Waals surface area contributed by atoms with E-state index < -0.39 is 0 Å². The quantitative estimate of drug-likeness (QED) is 0.670. The van der Waals surface area contributed by atoms with Gasteiger partial charge in [0.2, 0.25) is 6.79 Å². The van der Waals surface area contributed by atoms with Crippen LogP contribution in [0.5, 0.6) is 17.2 Å². The summed E-state index contributed by atoms with van der Waals surface area (Å²) in [6.45, 7) is 2.75. The number of hydrogen-bond donors (Lipinski definition) is 2. The van der Waals surface area contributed by atoms with E-state index in [4.69, 9.17) is 14.2 Å². The summed E-state index contributed by atoms with van der Waals surface area (Å²) in [5.41, 5.74) is 2.63. The summed E-state index contributed by atoms with van der Waals surface area (Å²) in [4.78, 5) is 16.7. The molecule has 0 aliphatic carbocycles. The minimum absolute atomic E-state index is 0.224. The minimum atomic E-state index is -0.244. The van der Waals surface area contributed by atoms with E-state index in [0.717, 1.165) is 11.4 Å². The third-order valence-corrected chi connectivity index (χ3v) is 4.08. The van der Waals surface area contributed by atoms with Crippen LogP contribution in [0.4, 0.5) is 17.1 Å². The highest BCUT2D eigenvalue weighted by Crippen LogP contribution is 2.35. The summed E-state index contributed by atoms with van der Waals surface area (Å²) >= 11 is 0. The number of nitrogens with zero attached hydrogens (tertiary/aromatic N) is 1. The zero-order valence-electron chi connectivity index (χ0n) is 15.3. The van der Waals surface area contributed by atoms with Crippen molar-refractivity contribution in [2.45, 2.75) is 6.92 Å². The van der Waals surface area contributed by atoms with Gasteiger partial charge in [0, 0.05) is 23.6 Å². The number of amides is 1. The second kappa shape index (κ2) is 7.87. The average Bonchev–Trinajstić information content (AvgIpc) is 3.18. The molecular weight excluding hydrogens is 358 g/mol. The molecule has 0 radical (unpaired) electrons. The Hall–Kier alpha value is -3.74. The predicted octanol–water partition coefficient (Wildman–Crippen LogP) is 4.20. The van der Waals surface area contributed by atoms with Crippen LogP contribution in [0.15, 0.2) is 60.9 Å². The Kier molecular flexibility index (Phi) is 4.97. The molecule has 7 heteroatoms. The van der Waals surface area contributed by atoms with Crippen LogP contribution in [-0.4, -0.2) is 24.3 Å². The number of pyridine rings is 1. The Morgan fingerprint density at radius 1 is 1.00 bits per heavy atom. The molecule has 0 unspecified atom stereocenters. The molecule has 0 atom stereocenters. The van der Waals surface area contributed by atoms with Crippen LogP contribution >= 0.6 is 0 Å². The fourth-order valence-corrected chi connectivity index (χ4v) is 2.78. The number of nitrogens with one attached hydrogen (secondary N) is 2. The summed E-state index contributed by atoms with van der Waals surface area (Å²) in [6.07, 6.45) is 3.17. The number of hydrogen-bond acceptors (Lipinski definition) is 6. The maximum Gasteiger partial charge on any atom is 0.257 e. The van der Waals surface area contributed by atoms with Crippen LogP contribution in [0.25, 0.3) is 0 Å². The second-order valence-corrected chi connectivity index (χ2v) is 6.07. The molecule has 7 nitrogen and oxygen atoms in total. The van der Waals surface area contributed by atoms with Crippen molar-refractivity contribution in [1.29, 1.82) is 0 Å². The predicted molar refractivity (Wildman–Crippen MR) is 106 cm³/mol. The molecule has 28 heavy (non-hydrogen) atoms. The molecule has 2 aromatic carbocycles. The van der Waals surface area contributed by atoms with Crippen LogP contribution in [0.1, 0.15) is 17.3 Å². The van der Waals surface area contributed by atoms with Gasteiger partial charge in [0.25, 0.3) is 5.91 Å². The third-order valence-electron chi connectivity index (χ3n) is 4.08. The summed E-state index contributed by atoms with van der Waals surface area (Å²) < 4.78 is 16.1. The van der Waals surface area contributed by atoms with Crippen molar-refractivity contribution >= 4 is 23.0 Å². The van der Waals surface area contributed by atoms with E-state index in [2.05, 4.69) is 15.6 Å². The van der Waals surface area contributed by atoms with Crippen LogP contribution in [0.3, 0.4) is 0 Å². The monoisotopic (exact) mass is 377 g/mol. The second-order valence-electron chi connectivity index (χ2n) is 6.07. The molecule has 0 spiro atoms. The lowest BCUT2D eigenvalue weighted by Crippen LogP contribution is -2.12. The van der Waals surface area contributed by atoms with Crippen molar-refractivity contribution in [2.24, 2.45) is 0 Å². The van der Waals surface area contributed by atoms with Gasteiger partial charge < -0.3 is 24.8 Å². The van der Waals surface area contributed by atoms with Gasteiger partial charge in [-0.2, -0.15) is 0 Å². The molecule has 0 fully saturated rings. The summed E-state index contributed by atoms with van der Waals surface area (Å²) in [6, 6.07) is 14.5. The molecule has 1 aromatic heterocycles. The van der Waals surface area contributed by atoms with E-state index in [1.165, 1.54) is 6.20 Å². The van der Waals surface area contributed by atoms with Gasteiger partial charge in [-0.1, -0.05) is 0 Å². The number of ether oxygens (including phenoxy) is 3. The fourth-order valence-electron chi connectivity index (χ4n) is 2.78. The fraction of sp³-hybridized carbons (Fsp3) is 0.143. The largest absolute Gasteiger partial charge is 0.494 e. The first kappa shape index (κ1) is 17.7. The average molecular weight is 377 g/mol. The van der Waals surface area contributed by atoms with Gasteiger partial charge in [0.15, 0.2) is 11.5 Å². The zero-order chi connectivity index (χ0) is 19.3. The molecular formula is C21H19N3O4. The van der Waals surface area contributed by atoms with Crippen LogP contribution in [0.2, 0.25) is 0 Å². The first-order valence-electron chi connectivity index (χ1n) is 8.87. The lowest BCUT2D eigenvalue weighted by Gasteiger charge is -2.10. The summed E-state index contributed by atoms with van der Waals surface area (Å²) in [5.74, 6) is 1.91. The highest BCUT2D eigenvalue weighted by atomic mass is 16.7. The molecule has 1 amide bonds. The highest BCUT2D eigenvalue weighted by Gasteiger charge is 2.14. The Morgan fingerprint density at radius 3 is 2.61 bits per heavy atom. The zero-order valence-corrected chi connectivity index (χ0v) is 15.3. The van der Waals surface area contributed by atoms with Gasteiger partial charge in [-0.25, -0.2) is 0 Å². The van der Waals surface area contributed by atoms with E-state index in [-0.39, 0.29) is 12.7 Å². The van der Waals surface area contributed by atoms with E-state index >= 15 is 0 Å². The topological polar surface area (TPSA) is 81.7 Å². The van der Waals surface area contributed by atoms with Gasteiger partial charge in [0.1, 0.15) is 5.75 Å². The molecule has 1 aliphatic heterocycles. The molecule has 0 saturated heterocycles. The molecule has 4 rings (SSSR count). The molecule has 0 saturated carbocycles. The minimum Gasteiger partial charge on any atom is -0.494 e. The Bertz CT molecular complexity index is 989. The number of anilines is 3. The van der Waals surface area contributed by atoms with Gasteiger partial charge in [-0.15, -0.1) is 0 Å². The van der Waals surface area contributed by atoms with E-state index in [1.807, 2.05) is 37.3 Å². The molecule has 0 bridgehead atoms. The lowest BCUT2D eigenvalue weighted by molar-refractivity contribution is 0.102. The number of fused-ring (bicyclic) bond motifs is 1. The summed E-state index contributed by atoms with van der Waals surface area (Å²) in [7, 11) is 0. The number of carbonyl (C=O) groups is 1. The lowest BCUT2D eigenvalue weighted by atomic mass is 10.2.